The molecule has 0 bridgehead atoms. The number of benzene rings is 3. The number of hydrogen-bond donors (Lipinski definition) is 2. The normalized spacial score (nSPS) is 18.2. The van der Waals surface area contributed by atoms with Crippen molar-refractivity contribution in [2.45, 2.75) is 25.3 Å². The number of rotatable bonds is 7. The van der Waals surface area contributed by atoms with Crippen LogP contribution in [-0.4, -0.2) is 23.2 Å². The van der Waals surface area contributed by atoms with Crippen LogP contribution in [0.3, 0.4) is 0 Å². The third kappa shape index (κ3) is 3.83. The number of phenols is 2. The van der Waals surface area contributed by atoms with Crippen LogP contribution in [-0.2, 0) is 11.2 Å². The van der Waals surface area contributed by atoms with E-state index in [1.165, 1.54) is 11.6 Å². The molecule has 0 aromatic heterocycles. The van der Waals surface area contributed by atoms with Gasteiger partial charge in [0.2, 0.25) is 5.91 Å². The van der Waals surface area contributed by atoms with Crippen molar-refractivity contribution < 1.29 is 19.7 Å². The number of phenolic OH excluding ortho intramolecular Hbond substituents is 2. The van der Waals surface area contributed by atoms with Gasteiger partial charge >= 0.3 is 0 Å². The molecular weight excluding hydrogens is 378 g/mol. The second-order valence-corrected chi connectivity index (χ2v) is 7.58. The van der Waals surface area contributed by atoms with Gasteiger partial charge in [0.1, 0.15) is 5.75 Å². The Hall–Kier alpha value is -3.47. The van der Waals surface area contributed by atoms with Gasteiger partial charge in [-0.15, -0.1) is 0 Å². The molecule has 3 aromatic rings. The number of aromatic hydroxyl groups is 2. The molecule has 0 unspecified atom stereocenters. The second kappa shape index (κ2) is 8.49. The summed E-state index contributed by atoms with van der Waals surface area (Å²) < 4.78 is 5.22. The second-order valence-electron chi connectivity index (χ2n) is 7.58. The molecule has 2 atom stereocenters. The van der Waals surface area contributed by atoms with E-state index >= 15 is 0 Å². The molecule has 2 N–H and O–H groups in total. The van der Waals surface area contributed by atoms with Crippen LogP contribution in [0.5, 0.6) is 17.2 Å². The number of carbonyl (C=O) groups excluding carboxylic acids is 1. The van der Waals surface area contributed by atoms with Gasteiger partial charge in [-0.2, -0.15) is 0 Å². The molecule has 0 spiro atoms. The van der Waals surface area contributed by atoms with Crippen molar-refractivity contribution in [3.05, 3.63) is 83.9 Å². The van der Waals surface area contributed by atoms with Crippen molar-refractivity contribution in [1.82, 2.24) is 0 Å². The average molecular weight is 403 g/mol. The van der Waals surface area contributed by atoms with E-state index in [0.717, 1.165) is 36.3 Å². The Morgan fingerprint density at radius 3 is 2.33 bits per heavy atom. The maximum Gasteiger partial charge on any atom is 0.233 e. The lowest BCUT2D eigenvalue weighted by Crippen LogP contribution is -2.55. The first kappa shape index (κ1) is 19.8. The molecular formula is C25H25NO4. The van der Waals surface area contributed by atoms with E-state index in [-0.39, 0.29) is 29.4 Å². The van der Waals surface area contributed by atoms with Gasteiger partial charge in [0, 0.05) is 5.69 Å². The maximum atomic E-state index is 13.1. The summed E-state index contributed by atoms with van der Waals surface area (Å²) in [5.41, 5.74) is 2.86. The van der Waals surface area contributed by atoms with E-state index in [9.17, 15) is 15.0 Å². The average Bonchev–Trinajstić information content (AvgIpc) is 2.78. The Kier molecular flexibility index (Phi) is 5.61. The lowest BCUT2D eigenvalue weighted by molar-refractivity contribution is -0.130. The quantitative estimate of drug-likeness (QED) is 0.438. The van der Waals surface area contributed by atoms with Crippen molar-refractivity contribution >= 4 is 11.6 Å². The summed E-state index contributed by atoms with van der Waals surface area (Å²) in [6, 6.07) is 22.2. The number of carbonyl (C=O) groups is 1. The van der Waals surface area contributed by atoms with Crippen LogP contribution >= 0.6 is 0 Å². The van der Waals surface area contributed by atoms with Crippen LogP contribution in [0.1, 0.15) is 30.0 Å². The van der Waals surface area contributed by atoms with Crippen LogP contribution in [0.15, 0.2) is 72.8 Å². The summed E-state index contributed by atoms with van der Waals surface area (Å²) in [5, 5.41) is 19.7. The number of methoxy groups -OCH3 is 1. The fourth-order valence-corrected chi connectivity index (χ4v) is 4.14. The molecule has 0 aliphatic carbocycles. The predicted molar refractivity (Wildman–Crippen MR) is 116 cm³/mol. The van der Waals surface area contributed by atoms with E-state index in [4.69, 9.17) is 4.74 Å². The minimum absolute atomic E-state index is 0.0748. The van der Waals surface area contributed by atoms with Crippen LogP contribution < -0.4 is 9.64 Å². The molecule has 5 heteroatoms. The van der Waals surface area contributed by atoms with Crippen molar-refractivity contribution in [3.63, 3.8) is 0 Å². The van der Waals surface area contributed by atoms with Gasteiger partial charge in [0.25, 0.3) is 0 Å². The fraction of sp³-hybridized carbons (Fsp3) is 0.240. The molecule has 1 heterocycles. The van der Waals surface area contributed by atoms with Gasteiger partial charge in [0.15, 0.2) is 11.5 Å². The summed E-state index contributed by atoms with van der Waals surface area (Å²) in [4.78, 5) is 14.8. The van der Waals surface area contributed by atoms with E-state index in [1.807, 2.05) is 42.5 Å². The Morgan fingerprint density at radius 2 is 1.67 bits per heavy atom. The molecule has 1 aliphatic heterocycles. The van der Waals surface area contributed by atoms with Gasteiger partial charge < -0.3 is 19.8 Å². The summed E-state index contributed by atoms with van der Waals surface area (Å²) in [6.07, 6.45) is 2.57. The third-order valence-electron chi connectivity index (χ3n) is 5.73. The SMILES string of the molecule is COc1ccc(N2C(=O)[C@H](CCCc3ccccc3)[C@H]2c2ccc(O)c(O)c2)cc1. The third-order valence-corrected chi connectivity index (χ3v) is 5.73. The van der Waals surface area contributed by atoms with E-state index in [1.54, 1.807) is 24.1 Å². The van der Waals surface area contributed by atoms with Crippen molar-refractivity contribution in [1.29, 1.82) is 0 Å². The smallest absolute Gasteiger partial charge is 0.233 e. The monoisotopic (exact) mass is 403 g/mol. The molecule has 4 rings (SSSR count). The maximum absolute atomic E-state index is 13.1. The number of amides is 1. The number of anilines is 1. The molecule has 5 nitrogen and oxygen atoms in total. The lowest BCUT2D eigenvalue weighted by atomic mass is 9.78. The number of hydrogen-bond acceptors (Lipinski definition) is 4. The van der Waals surface area contributed by atoms with E-state index < -0.39 is 0 Å². The fourth-order valence-electron chi connectivity index (χ4n) is 4.14. The van der Waals surface area contributed by atoms with Crippen LogP contribution in [0, 0.1) is 5.92 Å². The zero-order chi connectivity index (χ0) is 21.1. The first-order chi connectivity index (χ1) is 14.6. The molecule has 3 aromatic carbocycles. The molecule has 1 aliphatic rings. The van der Waals surface area contributed by atoms with Gasteiger partial charge in [-0.05, 0) is 66.8 Å². The first-order valence-corrected chi connectivity index (χ1v) is 10.1. The van der Waals surface area contributed by atoms with Crippen LogP contribution in [0.4, 0.5) is 5.69 Å². The van der Waals surface area contributed by atoms with Crippen molar-refractivity contribution in [2.24, 2.45) is 5.92 Å². The zero-order valence-electron chi connectivity index (χ0n) is 16.9. The number of ether oxygens (including phenoxy) is 1. The predicted octanol–water partition coefficient (Wildman–Crippen LogP) is 4.83. The molecule has 1 amide bonds. The standard InChI is InChI=1S/C25H25NO4/c1-30-20-13-11-19(12-14-20)26-24(18-10-15-22(27)23(28)16-18)21(25(26)29)9-5-8-17-6-3-2-4-7-17/h2-4,6-7,10-16,21,24,27-28H,5,8-9H2,1H3/t21-,24-/m1/s1. The summed E-state index contributed by atoms with van der Waals surface area (Å²) in [5.74, 6) is 0.293. The van der Waals surface area contributed by atoms with E-state index in [2.05, 4.69) is 12.1 Å². The van der Waals surface area contributed by atoms with Crippen LogP contribution in [0.25, 0.3) is 0 Å². The van der Waals surface area contributed by atoms with Crippen molar-refractivity contribution in [3.8, 4) is 17.2 Å². The van der Waals surface area contributed by atoms with E-state index in [0.29, 0.717) is 0 Å². The molecule has 154 valence electrons. The van der Waals surface area contributed by atoms with Gasteiger partial charge in [-0.1, -0.05) is 36.4 Å². The van der Waals surface area contributed by atoms with Crippen LogP contribution in [0.2, 0.25) is 0 Å². The highest BCUT2D eigenvalue weighted by Gasteiger charge is 2.48. The number of nitrogens with zero attached hydrogens (tertiary/aromatic N) is 1. The van der Waals surface area contributed by atoms with Crippen molar-refractivity contribution in [2.75, 3.05) is 12.0 Å². The minimum Gasteiger partial charge on any atom is -0.504 e. The topological polar surface area (TPSA) is 70.0 Å². The van der Waals surface area contributed by atoms with Gasteiger partial charge in [0.05, 0.1) is 19.1 Å². The Bertz CT molecular complexity index is 1020. The van der Waals surface area contributed by atoms with Gasteiger partial charge in [-0.25, -0.2) is 0 Å². The Morgan fingerprint density at radius 1 is 0.933 bits per heavy atom. The molecule has 0 radical (unpaired) electrons. The summed E-state index contributed by atoms with van der Waals surface area (Å²) in [7, 11) is 1.61. The highest BCUT2D eigenvalue weighted by atomic mass is 16.5. The molecule has 30 heavy (non-hydrogen) atoms. The lowest BCUT2D eigenvalue weighted by Gasteiger charge is -2.47. The highest BCUT2D eigenvalue weighted by Crippen LogP contribution is 2.47. The minimum atomic E-state index is -0.187. The highest BCUT2D eigenvalue weighted by molar-refractivity contribution is 6.03. The first-order valence-electron chi connectivity index (χ1n) is 10.1. The summed E-state index contributed by atoms with van der Waals surface area (Å²) >= 11 is 0. The Balaban J connectivity index is 1.56. The molecule has 1 fully saturated rings. The zero-order valence-corrected chi connectivity index (χ0v) is 16.9. The summed E-state index contributed by atoms with van der Waals surface area (Å²) in [6.45, 7) is 0. The molecule has 1 saturated heterocycles. The Labute approximate surface area is 176 Å². The largest absolute Gasteiger partial charge is 0.504 e. The number of aryl methyl sites for hydroxylation is 1. The van der Waals surface area contributed by atoms with Gasteiger partial charge in [-0.3, -0.25) is 4.79 Å². The number of β-lactam (4-membered cyclic amide) rings is 1. The molecule has 0 saturated carbocycles.